The summed E-state index contributed by atoms with van der Waals surface area (Å²) in [5.74, 6) is 0.907. The van der Waals surface area contributed by atoms with Gasteiger partial charge in [0.15, 0.2) is 0 Å². The van der Waals surface area contributed by atoms with Gasteiger partial charge < -0.3 is 5.32 Å². The van der Waals surface area contributed by atoms with Crippen LogP contribution in [0.2, 0.25) is 5.02 Å². The predicted molar refractivity (Wildman–Crippen MR) is 76.0 cm³/mol. The maximum Gasteiger partial charge on any atom is 0.115 e. The highest BCUT2D eigenvalue weighted by atomic mass is 35.5. The van der Waals surface area contributed by atoms with Crippen LogP contribution in [0.25, 0.3) is 0 Å². The van der Waals surface area contributed by atoms with Gasteiger partial charge in [-0.15, -0.1) is 11.8 Å². The first kappa shape index (κ1) is 13.3. The van der Waals surface area contributed by atoms with E-state index in [0.717, 1.165) is 16.3 Å². The predicted octanol–water partition coefficient (Wildman–Crippen LogP) is 3.18. The van der Waals surface area contributed by atoms with E-state index in [4.69, 9.17) is 11.6 Å². The number of hydrogen-bond donors (Lipinski definition) is 1. The normalized spacial score (nSPS) is 12.3. The Morgan fingerprint density at radius 3 is 2.78 bits per heavy atom. The highest BCUT2D eigenvalue weighted by Crippen LogP contribution is 2.25. The zero-order valence-corrected chi connectivity index (χ0v) is 11.6. The summed E-state index contributed by atoms with van der Waals surface area (Å²) in [5.41, 5.74) is 1.09. The van der Waals surface area contributed by atoms with Crippen molar-refractivity contribution in [2.75, 3.05) is 12.8 Å². The van der Waals surface area contributed by atoms with Crippen molar-refractivity contribution in [3.63, 3.8) is 0 Å². The molecule has 0 aliphatic rings. The zero-order valence-electron chi connectivity index (χ0n) is 10.0. The summed E-state index contributed by atoms with van der Waals surface area (Å²) < 4.78 is 0. The van der Waals surface area contributed by atoms with Gasteiger partial charge in [-0.05, 0) is 25.2 Å². The van der Waals surface area contributed by atoms with E-state index in [0.29, 0.717) is 0 Å². The van der Waals surface area contributed by atoms with Gasteiger partial charge in [-0.25, -0.2) is 9.97 Å². The number of nitrogens with zero attached hydrogens (tertiary/aromatic N) is 2. The first-order valence-electron chi connectivity index (χ1n) is 5.60. The average Bonchev–Trinajstić information content (AvgIpc) is 2.41. The second-order valence-electron chi connectivity index (χ2n) is 3.78. The van der Waals surface area contributed by atoms with Crippen molar-refractivity contribution in [1.29, 1.82) is 0 Å². The molecule has 94 valence electrons. The fourth-order valence-electron chi connectivity index (χ4n) is 1.57. The lowest BCUT2D eigenvalue weighted by molar-refractivity contribution is 0.655. The number of nitrogens with one attached hydrogen (secondary N) is 1. The molecule has 1 heterocycles. The molecule has 1 unspecified atom stereocenters. The van der Waals surface area contributed by atoms with Crippen LogP contribution in [0.3, 0.4) is 0 Å². The Balaban J connectivity index is 2.00. The fourth-order valence-corrected chi connectivity index (χ4v) is 2.93. The number of halogens is 1. The molecule has 0 radical (unpaired) electrons. The van der Waals surface area contributed by atoms with Crippen molar-refractivity contribution in [3.8, 4) is 0 Å². The van der Waals surface area contributed by atoms with Gasteiger partial charge in [0.2, 0.25) is 0 Å². The van der Waals surface area contributed by atoms with Gasteiger partial charge in [0, 0.05) is 39.7 Å². The molecule has 0 spiro atoms. The van der Waals surface area contributed by atoms with E-state index < -0.39 is 0 Å². The maximum absolute atomic E-state index is 5.96. The van der Waals surface area contributed by atoms with Crippen LogP contribution in [0.15, 0.2) is 47.9 Å². The molecule has 0 bridgehead atoms. The Labute approximate surface area is 116 Å². The van der Waals surface area contributed by atoms with Gasteiger partial charge in [0.1, 0.15) is 6.33 Å². The highest BCUT2D eigenvalue weighted by molar-refractivity contribution is 7.99. The molecule has 0 saturated heterocycles. The fraction of sp³-hybridized carbons (Fsp3) is 0.231. The summed E-state index contributed by atoms with van der Waals surface area (Å²) in [6.45, 7) is 0. The third kappa shape index (κ3) is 3.70. The third-order valence-electron chi connectivity index (χ3n) is 2.54. The minimum absolute atomic E-state index is 0.232. The van der Waals surface area contributed by atoms with E-state index in [1.165, 1.54) is 4.90 Å². The van der Waals surface area contributed by atoms with Crippen molar-refractivity contribution in [1.82, 2.24) is 15.3 Å². The summed E-state index contributed by atoms with van der Waals surface area (Å²) in [6, 6.07) is 8.11. The average molecular weight is 280 g/mol. The highest BCUT2D eigenvalue weighted by Gasteiger charge is 2.10. The molecule has 0 fully saturated rings. The molecule has 3 nitrogen and oxygen atoms in total. The quantitative estimate of drug-likeness (QED) is 0.853. The van der Waals surface area contributed by atoms with Crippen LogP contribution in [0.1, 0.15) is 11.6 Å². The Morgan fingerprint density at radius 2 is 2.11 bits per heavy atom. The van der Waals surface area contributed by atoms with Crippen LogP contribution >= 0.6 is 23.4 Å². The lowest BCUT2D eigenvalue weighted by atomic mass is 10.2. The standard InChI is InChI=1S/C13H14ClN3S/c1-15-13(10-6-16-9-17-7-10)8-18-12-4-2-3-11(14)5-12/h2-7,9,13,15H,8H2,1H3. The molecule has 1 aromatic carbocycles. The maximum atomic E-state index is 5.96. The van der Waals surface area contributed by atoms with Crippen LogP contribution in [-0.2, 0) is 0 Å². The van der Waals surface area contributed by atoms with E-state index in [1.807, 2.05) is 37.6 Å². The van der Waals surface area contributed by atoms with Crippen LogP contribution in [0.5, 0.6) is 0 Å². The summed E-state index contributed by atoms with van der Waals surface area (Å²) in [5, 5.41) is 4.04. The Kier molecular flexibility index (Phi) is 4.99. The molecule has 5 heteroatoms. The molecule has 2 aromatic rings. The first-order chi connectivity index (χ1) is 8.79. The van der Waals surface area contributed by atoms with Gasteiger partial charge in [0.25, 0.3) is 0 Å². The van der Waals surface area contributed by atoms with Crippen molar-refractivity contribution in [3.05, 3.63) is 53.6 Å². The largest absolute Gasteiger partial charge is 0.312 e. The number of benzene rings is 1. The molecule has 0 aliphatic heterocycles. The van der Waals surface area contributed by atoms with Gasteiger partial charge in [-0.1, -0.05) is 17.7 Å². The summed E-state index contributed by atoms with van der Waals surface area (Å²) in [4.78, 5) is 9.25. The van der Waals surface area contributed by atoms with E-state index in [1.54, 1.807) is 18.1 Å². The number of hydrogen-bond acceptors (Lipinski definition) is 4. The Bertz CT molecular complexity index is 493. The first-order valence-corrected chi connectivity index (χ1v) is 6.96. The lowest BCUT2D eigenvalue weighted by Crippen LogP contribution is -2.19. The van der Waals surface area contributed by atoms with E-state index >= 15 is 0 Å². The molecule has 1 aromatic heterocycles. The molecule has 0 aliphatic carbocycles. The molecule has 18 heavy (non-hydrogen) atoms. The third-order valence-corrected chi connectivity index (χ3v) is 3.87. The minimum atomic E-state index is 0.232. The number of aromatic nitrogens is 2. The SMILES string of the molecule is CNC(CSc1cccc(Cl)c1)c1cncnc1. The van der Waals surface area contributed by atoms with Crippen LogP contribution in [0, 0.1) is 0 Å². The second-order valence-corrected chi connectivity index (χ2v) is 5.31. The van der Waals surface area contributed by atoms with Crippen molar-refractivity contribution >= 4 is 23.4 Å². The van der Waals surface area contributed by atoms with Gasteiger partial charge in [-0.3, -0.25) is 0 Å². The zero-order chi connectivity index (χ0) is 12.8. The second kappa shape index (κ2) is 6.73. The lowest BCUT2D eigenvalue weighted by Gasteiger charge is -2.15. The van der Waals surface area contributed by atoms with Gasteiger partial charge in [-0.2, -0.15) is 0 Å². The summed E-state index contributed by atoms with van der Waals surface area (Å²) in [6.07, 6.45) is 5.22. The molecule has 0 amide bonds. The molecular formula is C13H14ClN3S. The van der Waals surface area contributed by atoms with E-state index in [2.05, 4.69) is 21.4 Å². The van der Waals surface area contributed by atoms with E-state index in [9.17, 15) is 0 Å². The van der Waals surface area contributed by atoms with Gasteiger partial charge in [0.05, 0.1) is 0 Å². The topological polar surface area (TPSA) is 37.8 Å². The number of thioether (sulfide) groups is 1. The van der Waals surface area contributed by atoms with Crippen molar-refractivity contribution in [2.24, 2.45) is 0 Å². The van der Waals surface area contributed by atoms with Crippen LogP contribution in [-0.4, -0.2) is 22.8 Å². The molecule has 2 rings (SSSR count). The van der Waals surface area contributed by atoms with Crippen molar-refractivity contribution in [2.45, 2.75) is 10.9 Å². The van der Waals surface area contributed by atoms with Crippen LogP contribution < -0.4 is 5.32 Å². The Hall–Kier alpha value is -1.10. The van der Waals surface area contributed by atoms with Crippen molar-refractivity contribution < 1.29 is 0 Å². The number of rotatable bonds is 5. The smallest absolute Gasteiger partial charge is 0.115 e. The molecular weight excluding hydrogens is 266 g/mol. The summed E-state index contributed by atoms with van der Waals surface area (Å²) in [7, 11) is 1.94. The van der Waals surface area contributed by atoms with Crippen LogP contribution in [0.4, 0.5) is 0 Å². The monoisotopic (exact) mass is 279 g/mol. The molecule has 0 saturated carbocycles. The summed E-state index contributed by atoms with van der Waals surface area (Å²) >= 11 is 7.72. The molecule has 1 atom stereocenters. The van der Waals surface area contributed by atoms with E-state index in [-0.39, 0.29) is 6.04 Å². The van der Waals surface area contributed by atoms with Gasteiger partial charge >= 0.3 is 0 Å². The Morgan fingerprint density at radius 1 is 1.33 bits per heavy atom. The minimum Gasteiger partial charge on any atom is -0.312 e. The molecule has 1 N–H and O–H groups in total.